The van der Waals surface area contributed by atoms with Crippen molar-refractivity contribution in [1.29, 1.82) is 0 Å². The number of rotatable bonds is 3. The van der Waals surface area contributed by atoms with Crippen molar-refractivity contribution in [3.05, 3.63) is 62.7 Å². The second kappa shape index (κ2) is 6.02. The molecule has 98 valence electrons. The zero-order chi connectivity index (χ0) is 13.9. The van der Waals surface area contributed by atoms with Crippen LogP contribution < -0.4 is 0 Å². The van der Waals surface area contributed by atoms with Crippen molar-refractivity contribution in [1.82, 2.24) is 0 Å². The molecule has 2 aromatic carbocycles. The summed E-state index contributed by atoms with van der Waals surface area (Å²) < 4.78 is 28.6. The molecule has 0 saturated heterocycles. The van der Waals surface area contributed by atoms with E-state index in [-0.39, 0.29) is 4.90 Å². The summed E-state index contributed by atoms with van der Waals surface area (Å²) in [7, 11) is -3.68. The molecule has 19 heavy (non-hydrogen) atoms. The summed E-state index contributed by atoms with van der Waals surface area (Å²) in [6, 6.07) is 13.3. The van der Waals surface area contributed by atoms with Crippen molar-refractivity contribution in [2.45, 2.75) is 4.90 Å². The van der Waals surface area contributed by atoms with Crippen molar-refractivity contribution in [2.75, 3.05) is 0 Å². The summed E-state index contributed by atoms with van der Waals surface area (Å²) in [5.41, 5.74) is 0.734. The first-order valence-electron chi connectivity index (χ1n) is 5.29. The SMILES string of the molecule is O=S(=O)(/N=C/c1ccc(I)cc1)c1ccc(Cl)cc1. The van der Waals surface area contributed by atoms with Crippen molar-refractivity contribution < 1.29 is 8.42 Å². The molecule has 0 radical (unpaired) electrons. The van der Waals surface area contributed by atoms with E-state index < -0.39 is 10.0 Å². The Balaban J connectivity index is 2.26. The highest BCUT2D eigenvalue weighted by Gasteiger charge is 2.10. The van der Waals surface area contributed by atoms with Crippen LogP contribution in [0.2, 0.25) is 5.02 Å². The van der Waals surface area contributed by atoms with E-state index in [1.807, 2.05) is 24.3 Å². The summed E-state index contributed by atoms with van der Waals surface area (Å²) in [5, 5.41) is 0.487. The molecule has 0 fully saturated rings. The van der Waals surface area contributed by atoms with Crippen molar-refractivity contribution in [2.24, 2.45) is 4.40 Å². The van der Waals surface area contributed by atoms with Crippen LogP contribution in [-0.4, -0.2) is 14.6 Å². The summed E-state index contributed by atoms with van der Waals surface area (Å²) in [6.07, 6.45) is 1.33. The molecule has 0 atom stereocenters. The maximum absolute atomic E-state index is 11.9. The Bertz CT molecular complexity index is 694. The number of benzene rings is 2. The summed E-state index contributed by atoms with van der Waals surface area (Å²) in [5.74, 6) is 0. The highest BCUT2D eigenvalue weighted by atomic mass is 127. The molecule has 2 rings (SSSR count). The summed E-state index contributed by atoms with van der Waals surface area (Å²) in [4.78, 5) is 0.124. The van der Waals surface area contributed by atoms with Crippen LogP contribution in [0.3, 0.4) is 0 Å². The maximum atomic E-state index is 11.9. The minimum absolute atomic E-state index is 0.124. The number of halogens is 2. The molecular weight excluding hydrogens is 397 g/mol. The fourth-order valence-corrected chi connectivity index (χ4v) is 2.69. The molecule has 0 heterocycles. The Labute approximate surface area is 130 Å². The normalized spacial score (nSPS) is 11.9. The zero-order valence-corrected chi connectivity index (χ0v) is 13.4. The van der Waals surface area contributed by atoms with Crippen LogP contribution in [0.4, 0.5) is 0 Å². The van der Waals surface area contributed by atoms with Crippen molar-refractivity contribution >= 4 is 50.4 Å². The van der Waals surface area contributed by atoms with Crippen molar-refractivity contribution in [3.63, 3.8) is 0 Å². The second-order valence-corrected chi connectivity index (χ2v) is 7.03. The predicted octanol–water partition coefficient (Wildman–Crippen LogP) is 3.75. The van der Waals surface area contributed by atoms with Crippen LogP contribution in [0.5, 0.6) is 0 Å². The first kappa shape index (κ1) is 14.5. The smallest absolute Gasteiger partial charge is 0.199 e. The fraction of sp³-hybridized carbons (Fsp3) is 0. The number of hydrogen-bond acceptors (Lipinski definition) is 2. The highest BCUT2D eigenvalue weighted by molar-refractivity contribution is 14.1. The van der Waals surface area contributed by atoms with Gasteiger partial charge in [-0.15, -0.1) is 0 Å². The average Bonchev–Trinajstić information content (AvgIpc) is 2.39. The molecule has 0 N–H and O–H groups in total. The first-order chi connectivity index (χ1) is 8.97. The molecule has 2 aromatic rings. The highest BCUT2D eigenvalue weighted by Crippen LogP contribution is 2.16. The second-order valence-electron chi connectivity index (χ2n) is 3.72. The van der Waals surface area contributed by atoms with E-state index in [1.54, 1.807) is 0 Å². The standard InChI is InChI=1S/C13H9ClINO2S/c14-11-3-7-13(8-4-11)19(17,18)16-9-10-1-5-12(15)6-2-10/h1-9H/b16-9+. The van der Waals surface area contributed by atoms with Gasteiger partial charge in [-0.1, -0.05) is 23.7 Å². The maximum Gasteiger partial charge on any atom is 0.282 e. The van der Waals surface area contributed by atoms with Gasteiger partial charge in [0, 0.05) is 14.8 Å². The van der Waals surface area contributed by atoms with Crippen LogP contribution in [-0.2, 0) is 10.0 Å². The molecule has 0 spiro atoms. The van der Waals surface area contributed by atoms with Gasteiger partial charge in [0.25, 0.3) is 10.0 Å². The van der Waals surface area contributed by atoms with Gasteiger partial charge in [-0.25, -0.2) is 0 Å². The largest absolute Gasteiger partial charge is 0.282 e. The Morgan fingerprint density at radius 2 is 1.58 bits per heavy atom. The van der Waals surface area contributed by atoms with Gasteiger partial charge in [0.1, 0.15) is 0 Å². The van der Waals surface area contributed by atoms with Gasteiger partial charge in [-0.05, 0) is 64.6 Å². The van der Waals surface area contributed by atoms with Gasteiger partial charge >= 0.3 is 0 Å². The van der Waals surface area contributed by atoms with Gasteiger partial charge in [-0.2, -0.15) is 12.8 Å². The summed E-state index contributed by atoms with van der Waals surface area (Å²) in [6.45, 7) is 0. The van der Waals surface area contributed by atoms with Gasteiger partial charge in [0.15, 0.2) is 0 Å². The third-order valence-corrected chi connectivity index (χ3v) is 4.54. The lowest BCUT2D eigenvalue weighted by Gasteiger charge is -1.98. The molecule has 0 aliphatic heterocycles. The van der Waals surface area contributed by atoms with Gasteiger partial charge < -0.3 is 0 Å². The number of nitrogens with zero attached hydrogens (tertiary/aromatic N) is 1. The van der Waals surface area contributed by atoms with Crippen LogP contribution in [0.25, 0.3) is 0 Å². The lowest BCUT2D eigenvalue weighted by Crippen LogP contribution is -1.97. The lowest BCUT2D eigenvalue weighted by atomic mass is 10.2. The predicted molar refractivity (Wildman–Crippen MR) is 85.4 cm³/mol. The average molecular weight is 406 g/mol. The zero-order valence-electron chi connectivity index (χ0n) is 9.62. The minimum Gasteiger partial charge on any atom is -0.199 e. The van der Waals surface area contributed by atoms with Crippen LogP contribution in [0.1, 0.15) is 5.56 Å². The van der Waals surface area contributed by atoms with Gasteiger partial charge in [0.2, 0.25) is 0 Å². The van der Waals surface area contributed by atoms with E-state index in [9.17, 15) is 8.42 Å². The Morgan fingerprint density at radius 1 is 1.00 bits per heavy atom. The van der Waals surface area contributed by atoms with E-state index in [4.69, 9.17) is 11.6 Å². The number of sulfonamides is 1. The Kier molecular flexibility index (Phi) is 4.59. The quantitative estimate of drug-likeness (QED) is 0.577. The molecule has 0 aromatic heterocycles. The van der Waals surface area contributed by atoms with E-state index in [0.29, 0.717) is 5.02 Å². The van der Waals surface area contributed by atoms with Gasteiger partial charge in [-0.3, -0.25) is 0 Å². The molecule has 0 amide bonds. The summed E-state index contributed by atoms with van der Waals surface area (Å²) >= 11 is 7.89. The fourth-order valence-electron chi connectivity index (χ4n) is 1.35. The number of hydrogen-bond donors (Lipinski definition) is 0. The first-order valence-corrected chi connectivity index (χ1v) is 8.18. The molecular formula is C13H9ClINO2S. The van der Waals surface area contributed by atoms with E-state index in [2.05, 4.69) is 27.0 Å². The van der Waals surface area contributed by atoms with Gasteiger partial charge in [0.05, 0.1) is 4.90 Å². The third kappa shape index (κ3) is 4.02. The Hall–Kier alpha value is -0.920. The van der Waals surface area contributed by atoms with Crippen LogP contribution in [0, 0.1) is 3.57 Å². The minimum atomic E-state index is -3.68. The molecule has 6 heteroatoms. The van der Waals surface area contributed by atoms with E-state index in [0.717, 1.165) is 9.13 Å². The molecule has 0 unspecified atom stereocenters. The third-order valence-electron chi connectivity index (χ3n) is 2.32. The van der Waals surface area contributed by atoms with Crippen molar-refractivity contribution in [3.8, 4) is 0 Å². The molecule has 0 saturated carbocycles. The molecule has 0 aliphatic carbocycles. The Morgan fingerprint density at radius 3 is 2.16 bits per heavy atom. The molecule has 0 aliphatic rings. The molecule has 0 bridgehead atoms. The monoisotopic (exact) mass is 405 g/mol. The lowest BCUT2D eigenvalue weighted by molar-refractivity contribution is 0.598. The molecule has 3 nitrogen and oxygen atoms in total. The van der Waals surface area contributed by atoms with Crippen LogP contribution >= 0.6 is 34.2 Å². The topological polar surface area (TPSA) is 46.5 Å². The van der Waals surface area contributed by atoms with E-state index in [1.165, 1.54) is 30.5 Å². The van der Waals surface area contributed by atoms with E-state index >= 15 is 0 Å². The van der Waals surface area contributed by atoms with Crippen LogP contribution in [0.15, 0.2) is 57.8 Å².